The summed E-state index contributed by atoms with van der Waals surface area (Å²) >= 11 is 0. The maximum absolute atomic E-state index is 10.5. The summed E-state index contributed by atoms with van der Waals surface area (Å²) < 4.78 is 4.27. The first-order valence-electron chi connectivity index (χ1n) is 2.39. The third-order valence-electron chi connectivity index (χ3n) is 0.830. The molecule has 0 atom stereocenters. The summed E-state index contributed by atoms with van der Waals surface area (Å²) in [6.07, 6.45) is 0. The first-order chi connectivity index (χ1) is 4.09. The maximum Gasteiger partial charge on any atom is 0.355 e. The lowest BCUT2D eigenvalue weighted by atomic mass is 10.4. The lowest BCUT2D eigenvalue weighted by Gasteiger charge is -1.98. The molecule has 0 saturated heterocycles. The third-order valence-corrected chi connectivity index (χ3v) is 0.830. The summed E-state index contributed by atoms with van der Waals surface area (Å²) in [7, 11) is 1.25. The predicted octanol–water partition coefficient (Wildman–Crippen LogP) is -0.692. The Hall–Kier alpha value is -1.19. The number of rotatable bonds is 1. The van der Waals surface area contributed by atoms with Crippen molar-refractivity contribution in [1.82, 2.24) is 0 Å². The van der Waals surface area contributed by atoms with Crippen molar-refractivity contribution in [2.45, 2.75) is 6.92 Å². The average Bonchev–Trinajstić information content (AvgIpc) is 1.84. The van der Waals surface area contributed by atoms with E-state index in [0.717, 1.165) is 0 Å². The molecular formula is C5H10N2O2. The van der Waals surface area contributed by atoms with Gasteiger partial charge in [0.2, 0.25) is 0 Å². The molecule has 0 unspecified atom stereocenters. The van der Waals surface area contributed by atoms with Crippen LogP contribution in [0.1, 0.15) is 6.92 Å². The van der Waals surface area contributed by atoms with E-state index in [1.165, 1.54) is 14.0 Å². The van der Waals surface area contributed by atoms with E-state index in [-0.39, 0.29) is 11.4 Å². The number of allylic oxidation sites excluding steroid dienone is 1. The number of ether oxygens (including phenoxy) is 1. The Kier molecular flexibility index (Phi) is 2.57. The molecule has 0 fully saturated rings. The van der Waals surface area contributed by atoms with Crippen molar-refractivity contribution in [3.05, 3.63) is 11.4 Å². The van der Waals surface area contributed by atoms with Gasteiger partial charge in [0.05, 0.1) is 7.11 Å². The molecule has 4 N–H and O–H groups in total. The van der Waals surface area contributed by atoms with E-state index in [1.807, 2.05) is 0 Å². The Balaban J connectivity index is 4.21. The summed E-state index contributed by atoms with van der Waals surface area (Å²) in [5.41, 5.74) is 10.6. The van der Waals surface area contributed by atoms with Crippen molar-refractivity contribution in [2.24, 2.45) is 11.5 Å². The first kappa shape index (κ1) is 7.81. The van der Waals surface area contributed by atoms with Crippen LogP contribution in [0.4, 0.5) is 0 Å². The van der Waals surface area contributed by atoms with E-state index in [9.17, 15) is 4.79 Å². The molecule has 0 rings (SSSR count). The van der Waals surface area contributed by atoms with Gasteiger partial charge in [-0.3, -0.25) is 0 Å². The fraction of sp³-hybridized carbons (Fsp3) is 0.400. The first-order valence-corrected chi connectivity index (χ1v) is 2.39. The fourth-order valence-corrected chi connectivity index (χ4v) is 0.271. The number of carbonyl (C=O) groups is 1. The summed E-state index contributed by atoms with van der Waals surface area (Å²) in [5, 5.41) is 0. The quantitative estimate of drug-likeness (QED) is 0.363. The van der Waals surface area contributed by atoms with Gasteiger partial charge in [-0.2, -0.15) is 0 Å². The van der Waals surface area contributed by atoms with Crippen LogP contribution in [0.3, 0.4) is 0 Å². The van der Waals surface area contributed by atoms with E-state index < -0.39 is 5.97 Å². The van der Waals surface area contributed by atoms with E-state index in [0.29, 0.717) is 0 Å². The van der Waals surface area contributed by atoms with Gasteiger partial charge in [-0.1, -0.05) is 0 Å². The van der Waals surface area contributed by atoms with Crippen molar-refractivity contribution in [2.75, 3.05) is 7.11 Å². The smallest absolute Gasteiger partial charge is 0.355 e. The minimum atomic E-state index is -0.588. The zero-order valence-corrected chi connectivity index (χ0v) is 5.47. The van der Waals surface area contributed by atoms with Crippen molar-refractivity contribution in [1.29, 1.82) is 0 Å². The Morgan fingerprint density at radius 3 is 2.00 bits per heavy atom. The molecule has 4 heteroatoms. The molecular weight excluding hydrogens is 120 g/mol. The van der Waals surface area contributed by atoms with E-state index in [2.05, 4.69) is 4.74 Å². The summed E-state index contributed by atoms with van der Waals surface area (Å²) in [6, 6.07) is 0. The van der Waals surface area contributed by atoms with Gasteiger partial charge < -0.3 is 16.2 Å². The molecule has 52 valence electrons. The van der Waals surface area contributed by atoms with Gasteiger partial charge >= 0.3 is 5.97 Å². The Morgan fingerprint density at radius 2 is 1.89 bits per heavy atom. The average molecular weight is 130 g/mol. The minimum absolute atomic E-state index is 0.0301. The largest absolute Gasteiger partial charge is 0.464 e. The van der Waals surface area contributed by atoms with Gasteiger partial charge in [-0.05, 0) is 6.92 Å². The molecule has 0 spiro atoms. The molecule has 0 aliphatic carbocycles. The molecule has 9 heavy (non-hydrogen) atoms. The van der Waals surface area contributed by atoms with Crippen LogP contribution in [0, 0.1) is 0 Å². The van der Waals surface area contributed by atoms with Crippen molar-refractivity contribution >= 4 is 5.97 Å². The van der Waals surface area contributed by atoms with E-state index in [1.54, 1.807) is 0 Å². The highest BCUT2D eigenvalue weighted by atomic mass is 16.5. The van der Waals surface area contributed by atoms with E-state index >= 15 is 0 Å². The second kappa shape index (κ2) is 2.96. The highest BCUT2D eigenvalue weighted by Gasteiger charge is 2.04. The third kappa shape index (κ3) is 2.03. The maximum atomic E-state index is 10.5. The Morgan fingerprint density at radius 1 is 1.44 bits per heavy atom. The standard InChI is InChI=1S/C5H10N2O2/c1-3(6)4(7)5(8)9-2/h6-7H2,1-2H3/b4-3+. The van der Waals surface area contributed by atoms with Gasteiger partial charge in [0.1, 0.15) is 5.70 Å². The van der Waals surface area contributed by atoms with Crippen molar-refractivity contribution in [3.63, 3.8) is 0 Å². The lowest BCUT2D eigenvalue weighted by Crippen LogP contribution is -2.17. The van der Waals surface area contributed by atoms with Gasteiger partial charge in [0, 0.05) is 5.70 Å². The van der Waals surface area contributed by atoms with Crippen LogP contribution in [-0.2, 0) is 9.53 Å². The van der Waals surface area contributed by atoms with Gasteiger partial charge in [-0.15, -0.1) is 0 Å². The van der Waals surface area contributed by atoms with Gasteiger partial charge in [-0.25, -0.2) is 4.79 Å². The molecule has 4 nitrogen and oxygen atoms in total. The fourth-order valence-electron chi connectivity index (χ4n) is 0.271. The van der Waals surface area contributed by atoms with Crippen molar-refractivity contribution < 1.29 is 9.53 Å². The molecule has 0 amide bonds. The summed E-state index contributed by atoms with van der Waals surface area (Å²) in [5.74, 6) is -0.588. The zero-order valence-electron chi connectivity index (χ0n) is 5.47. The SMILES string of the molecule is COC(=O)/C(N)=C(/C)N. The Labute approximate surface area is 53.5 Å². The second-order valence-corrected chi connectivity index (χ2v) is 1.59. The molecule has 0 radical (unpaired) electrons. The normalized spacial score (nSPS) is 12.2. The number of hydrogen-bond donors (Lipinski definition) is 2. The van der Waals surface area contributed by atoms with Crippen LogP contribution in [-0.4, -0.2) is 13.1 Å². The minimum Gasteiger partial charge on any atom is -0.464 e. The van der Waals surface area contributed by atoms with Crippen LogP contribution in [0.15, 0.2) is 11.4 Å². The van der Waals surface area contributed by atoms with Crippen LogP contribution >= 0.6 is 0 Å². The van der Waals surface area contributed by atoms with Gasteiger partial charge in [0.15, 0.2) is 0 Å². The molecule has 0 aromatic rings. The number of esters is 1. The van der Waals surface area contributed by atoms with Crippen molar-refractivity contribution in [3.8, 4) is 0 Å². The Bertz CT molecular complexity index is 147. The second-order valence-electron chi connectivity index (χ2n) is 1.59. The van der Waals surface area contributed by atoms with Crippen LogP contribution in [0.25, 0.3) is 0 Å². The summed E-state index contributed by atoms with van der Waals surface area (Å²) in [6.45, 7) is 1.53. The van der Waals surface area contributed by atoms with Crippen LogP contribution in [0.2, 0.25) is 0 Å². The predicted molar refractivity (Wildman–Crippen MR) is 33.1 cm³/mol. The molecule has 0 bridgehead atoms. The van der Waals surface area contributed by atoms with Crippen LogP contribution < -0.4 is 11.5 Å². The molecule has 0 heterocycles. The molecule has 0 aromatic carbocycles. The van der Waals surface area contributed by atoms with Gasteiger partial charge in [0.25, 0.3) is 0 Å². The highest BCUT2D eigenvalue weighted by molar-refractivity contribution is 5.87. The molecule has 0 aromatic heterocycles. The van der Waals surface area contributed by atoms with E-state index in [4.69, 9.17) is 11.5 Å². The molecule has 0 aliphatic heterocycles. The molecule has 0 saturated carbocycles. The topological polar surface area (TPSA) is 78.3 Å². The van der Waals surface area contributed by atoms with Crippen LogP contribution in [0.5, 0.6) is 0 Å². The number of carbonyl (C=O) groups excluding carboxylic acids is 1. The number of nitrogens with two attached hydrogens (primary N) is 2. The number of hydrogen-bond acceptors (Lipinski definition) is 4. The summed E-state index contributed by atoms with van der Waals surface area (Å²) in [4.78, 5) is 10.5. The lowest BCUT2D eigenvalue weighted by molar-refractivity contribution is -0.136. The zero-order chi connectivity index (χ0) is 7.44. The number of methoxy groups -OCH3 is 1. The molecule has 0 aliphatic rings. The monoisotopic (exact) mass is 130 g/mol. The highest BCUT2D eigenvalue weighted by Crippen LogP contribution is 1.90.